The lowest BCUT2D eigenvalue weighted by atomic mass is 10.0. The summed E-state index contributed by atoms with van der Waals surface area (Å²) in [6.07, 6.45) is 1.11. The second-order valence-corrected chi connectivity index (χ2v) is 10.4. The second kappa shape index (κ2) is 9.59. The van der Waals surface area contributed by atoms with Crippen LogP contribution in [0.15, 0.2) is 53.4 Å². The molecule has 1 saturated heterocycles. The number of ether oxygens (including phenoxy) is 1. The first-order chi connectivity index (χ1) is 16.6. The van der Waals surface area contributed by atoms with Gasteiger partial charge < -0.3 is 10.1 Å². The van der Waals surface area contributed by atoms with Crippen molar-refractivity contribution in [3.63, 3.8) is 0 Å². The van der Waals surface area contributed by atoms with E-state index in [1.807, 2.05) is 0 Å². The summed E-state index contributed by atoms with van der Waals surface area (Å²) >= 11 is 0. The minimum atomic E-state index is -3.84. The Balaban J connectivity index is 1.44. The van der Waals surface area contributed by atoms with Gasteiger partial charge in [-0.05, 0) is 56.2 Å². The fourth-order valence-corrected chi connectivity index (χ4v) is 5.83. The van der Waals surface area contributed by atoms with Crippen molar-refractivity contribution < 1.29 is 32.3 Å². The second-order valence-electron chi connectivity index (χ2n) is 8.44. The Bertz CT molecular complexity index is 1260. The van der Waals surface area contributed by atoms with Gasteiger partial charge in [0.25, 0.3) is 11.8 Å². The Labute approximate surface area is 202 Å². The molecule has 35 heavy (non-hydrogen) atoms. The average Bonchev–Trinajstić information content (AvgIpc) is 3.13. The number of rotatable bonds is 6. The quantitative estimate of drug-likeness (QED) is 0.474. The molecule has 0 saturated carbocycles. The number of fused-ring (bicyclic) bond motifs is 1. The fraction of sp³-hybridized carbons (Fsp3) is 0.333. The molecule has 0 spiro atoms. The van der Waals surface area contributed by atoms with Gasteiger partial charge in [0.05, 0.1) is 29.1 Å². The molecule has 184 valence electrons. The third-order valence-corrected chi connectivity index (χ3v) is 8.15. The first-order valence-electron chi connectivity index (χ1n) is 11.1. The van der Waals surface area contributed by atoms with E-state index in [0.717, 1.165) is 4.90 Å². The third-order valence-electron chi connectivity index (χ3n) is 6.27. The number of carbonyl (C=O) groups excluding carboxylic acids is 4. The lowest BCUT2D eigenvalue weighted by molar-refractivity contribution is -0.146. The van der Waals surface area contributed by atoms with Gasteiger partial charge in [0.15, 0.2) is 0 Å². The number of esters is 1. The zero-order valence-corrected chi connectivity index (χ0v) is 20.1. The first kappa shape index (κ1) is 24.6. The van der Waals surface area contributed by atoms with Gasteiger partial charge in [-0.2, -0.15) is 4.31 Å². The number of nitrogens with zero attached hydrogens (tertiary/aromatic N) is 2. The summed E-state index contributed by atoms with van der Waals surface area (Å²) in [6, 6.07) is 10.9. The van der Waals surface area contributed by atoms with E-state index in [1.165, 1.54) is 54.7 Å². The molecule has 2 aliphatic heterocycles. The molecule has 2 aliphatic rings. The van der Waals surface area contributed by atoms with E-state index in [2.05, 4.69) is 5.32 Å². The third kappa shape index (κ3) is 4.56. The maximum Gasteiger partial charge on any atom is 0.309 e. The SMILES string of the molecule is COC(=O)[C@@H]1CCCN(S(=O)(=O)c2ccc(NC(=O)[C@H](C)N3C(=O)c4ccccc4C3=O)cc2)C1. The van der Waals surface area contributed by atoms with E-state index < -0.39 is 45.7 Å². The number of amides is 3. The highest BCUT2D eigenvalue weighted by atomic mass is 32.2. The van der Waals surface area contributed by atoms with Gasteiger partial charge in [0.1, 0.15) is 6.04 Å². The van der Waals surface area contributed by atoms with Crippen LogP contribution in [0.5, 0.6) is 0 Å². The molecule has 11 heteroatoms. The van der Waals surface area contributed by atoms with Crippen LogP contribution in [0.3, 0.4) is 0 Å². The molecule has 2 aromatic carbocycles. The van der Waals surface area contributed by atoms with Gasteiger partial charge in [0.2, 0.25) is 15.9 Å². The Kier molecular flexibility index (Phi) is 6.73. The predicted octanol–water partition coefficient (Wildman–Crippen LogP) is 1.88. The number of benzene rings is 2. The van der Waals surface area contributed by atoms with Crippen LogP contribution in [0.2, 0.25) is 0 Å². The zero-order chi connectivity index (χ0) is 25.3. The van der Waals surface area contributed by atoms with Crippen molar-refractivity contribution in [3.8, 4) is 0 Å². The Hall–Kier alpha value is -3.57. The number of hydrogen-bond donors (Lipinski definition) is 1. The number of carbonyl (C=O) groups is 4. The van der Waals surface area contributed by atoms with Gasteiger partial charge in [-0.25, -0.2) is 8.42 Å². The van der Waals surface area contributed by atoms with Crippen molar-refractivity contribution in [2.75, 3.05) is 25.5 Å². The van der Waals surface area contributed by atoms with Crippen molar-refractivity contribution in [2.45, 2.75) is 30.7 Å². The molecule has 1 N–H and O–H groups in total. The Morgan fingerprint density at radius 3 is 2.20 bits per heavy atom. The summed E-state index contributed by atoms with van der Waals surface area (Å²) in [5.74, 6) is -2.61. The van der Waals surface area contributed by atoms with Gasteiger partial charge >= 0.3 is 5.97 Å². The molecule has 0 bridgehead atoms. The van der Waals surface area contributed by atoms with Crippen LogP contribution < -0.4 is 5.32 Å². The minimum Gasteiger partial charge on any atom is -0.469 e. The molecule has 0 unspecified atom stereocenters. The van der Waals surface area contributed by atoms with Crippen LogP contribution in [0.4, 0.5) is 5.69 Å². The fourth-order valence-electron chi connectivity index (χ4n) is 4.30. The van der Waals surface area contributed by atoms with E-state index >= 15 is 0 Å². The molecule has 4 rings (SSSR count). The van der Waals surface area contributed by atoms with Crippen LogP contribution in [0.1, 0.15) is 40.5 Å². The van der Waals surface area contributed by atoms with Crippen LogP contribution in [-0.2, 0) is 24.3 Å². The summed E-state index contributed by atoms with van der Waals surface area (Å²) in [7, 11) is -2.57. The maximum absolute atomic E-state index is 13.0. The summed E-state index contributed by atoms with van der Waals surface area (Å²) in [6.45, 7) is 1.79. The van der Waals surface area contributed by atoms with Crippen molar-refractivity contribution in [1.29, 1.82) is 0 Å². The van der Waals surface area contributed by atoms with Gasteiger partial charge in [-0.1, -0.05) is 12.1 Å². The van der Waals surface area contributed by atoms with Crippen molar-refractivity contribution in [2.24, 2.45) is 5.92 Å². The molecule has 2 atom stereocenters. The van der Waals surface area contributed by atoms with Gasteiger partial charge in [-0.3, -0.25) is 24.1 Å². The smallest absolute Gasteiger partial charge is 0.309 e. The summed E-state index contributed by atoms with van der Waals surface area (Å²) in [5, 5.41) is 2.62. The number of methoxy groups -OCH3 is 1. The number of anilines is 1. The van der Waals surface area contributed by atoms with E-state index in [9.17, 15) is 27.6 Å². The summed E-state index contributed by atoms with van der Waals surface area (Å²) < 4.78 is 32.1. The normalized spacial score (nSPS) is 19.3. The molecule has 0 aliphatic carbocycles. The van der Waals surface area contributed by atoms with Crippen LogP contribution in [0, 0.1) is 5.92 Å². The van der Waals surface area contributed by atoms with E-state index in [0.29, 0.717) is 25.1 Å². The highest BCUT2D eigenvalue weighted by Crippen LogP contribution is 2.27. The molecule has 10 nitrogen and oxygen atoms in total. The zero-order valence-electron chi connectivity index (χ0n) is 19.3. The molecular weight excluding hydrogens is 474 g/mol. The highest BCUT2D eigenvalue weighted by molar-refractivity contribution is 7.89. The van der Waals surface area contributed by atoms with E-state index in [-0.39, 0.29) is 22.6 Å². The van der Waals surface area contributed by atoms with E-state index in [4.69, 9.17) is 4.74 Å². The van der Waals surface area contributed by atoms with Crippen LogP contribution in [0.25, 0.3) is 0 Å². The Morgan fingerprint density at radius 2 is 1.63 bits per heavy atom. The number of sulfonamides is 1. The highest BCUT2D eigenvalue weighted by Gasteiger charge is 2.40. The number of nitrogens with one attached hydrogen (secondary N) is 1. The van der Waals surface area contributed by atoms with Crippen LogP contribution in [-0.4, -0.2) is 67.6 Å². The lowest BCUT2D eigenvalue weighted by Gasteiger charge is -2.30. The molecule has 2 heterocycles. The molecule has 2 aromatic rings. The lowest BCUT2D eigenvalue weighted by Crippen LogP contribution is -2.45. The molecule has 3 amide bonds. The molecule has 0 aromatic heterocycles. The Morgan fingerprint density at radius 1 is 1.03 bits per heavy atom. The standard InChI is InChI=1S/C24H25N3O7S/c1-15(27-22(29)19-7-3-4-8-20(19)23(27)30)21(28)25-17-9-11-18(12-10-17)35(32,33)26-13-5-6-16(14-26)24(31)34-2/h3-4,7-12,15-16H,5-6,13-14H2,1-2H3,(H,25,28)/t15-,16+/m0/s1. The monoisotopic (exact) mass is 499 g/mol. The van der Waals surface area contributed by atoms with Crippen molar-refractivity contribution >= 4 is 39.4 Å². The maximum atomic E-state index is 13.0. The summed E-state index contributed by atoms with van der Waals surface area (Å²) in [5.41, 5.74) is 0.807. The minimum absolute atomic E-state index is 0.0226. The first-order valence-corrected chi connectivity index (χ1v) is 12.5. The van der Waals surface area contributed by atoms with Crippen LogP contribution >= 0.6 is 0 Å². The largest absolute Gasteiger partial charge is 0.469 e. The predicted molar refractivity (Wildman–Crippen MR) is 125 cm³/mol. The number of hydrogen-bond acceptors (Lipinski definition) is 7. The van der Waals surface area contributed by atoms with Crippen molar-refractivity contribution in [3.05, 3.63) is 59.7 Å². The summed E-state index contributed by atoms with van der Waals surface area (Å²) in [4.78, 5) is 50.8. The number of piperidine rings is 1. The van der Waals surface area contributed by atoms with E-state index in [1.54, 1.807) is 12.1 Å². The molecule has 0 radical (unpaired) electrons. The number of imide groups is 1. The topological polar surface area (TPSA) is 130 Å². The van der Waals surface area contributed by atoms with Crippen molar-refractivity contribution in [1.82, 2.24) is 9.21 Å². The van der Waals surface area contributed by atoms with Gasteiger partial charge in [-0.15, -0.1) is 0 Å². The molecule has 1 fully saturated rings. The molecular formula is C24H25N3O7S. The average molecular weight is 500 g/mol. The van der Waals surface area contributed by atoms with Gasteiger partial charge in [0, 0.05) is 18.8 Å².